The van der Waals surface area contributed by atoms with Crippen molar-refractivity contribution < 1.29 is 19.4 Å². The number of carboxylic acid groups (broad SMARTS) is 1. The van der Waals surface area contributed by atoms with Crippen LogP contribution in [0.3, 0.4) is 0 Å². The maximum absolute atomic E-state index is 11.1. The van der Waals surface area contributed by atoms with Crippen molar-refractivity contribution in [3.05, 3.63) is 48.3 Å². The van der Waals surface area contributed by atoms with Gasteiger partial charge in [-0.2, -0.15) is 0 Å². The number of carboxylic acids is 1. The van der Waals surface area contributed by atoms with Gasteiger partial charge in [-0.15, -0.1) is 0 Å². The van der Waals surface area contributed by atoms with E-state index in [0.29, 0.717) is 18.1 Å². The van der Waals surface area contributed by atoms with E-state index in [9.17, 15) is 4.79 Å². The van der Waals surface area contributed by atoms with E-state index in [1.165, 1.54) is 18.5 Å². The smallest absolute Gasteiger partial charge is 0.339 e. The number of pyridine rings is 1. The molecule has 0 aliphatic carbocycles. The molecular weight excluding hydrogens is 246 g/mol. The molecule has 1 aromatic heterocycles. The summed E-state index contributed by atoms with van der Waals surface area (Å²) >= 11 is 0. The van der Waals surface area contributed by atoms with E-state index >= 15 is 0 Å². The third kappa shape index (κ3) is 3.01. The lowest BCUT2D eigenvalue weighted by atomic mass is 10.2. The molecule has 5 heteroatoms. The molecule has 0 aliphatic rings. The SMILES string of the molecule is CCOc1ccccc1Oc1cnccc1C(=O)O. The highest BCUT2D eigenvalue weighted by atomic mass is 16.5. The Morgan fingerprint density at radius 1 is 1.21 bits per heavy atom. The van der Waals surface area contributed by atoms with Gasteiger partial charge in [-0.05, 0) is 25.1 Å². The van der Waals surface area contributed by atoms with Gasteiger partial charge in [0.1, 0.15) is 5.56 Å². The molecule has 0 spiro atoms. The van der Waals surface area contributed by atoms with E-state index in [1.54, 1.807) is 18.2 Å². The van der Waals surface area contributed by atoms with Crippen LogP contribution in [-0.2, 0) is 0 Å². The molecule has 1 aromatic carbocycles. The Morgan fingerprint density at radius 3 is 2.63 bits per heavy atom. The van der Waals surface area contributed by atoms with Gasteiger partial charge in [-0.25, -0.2) is 4.79 Å². The fourth-order valence-corrected chi connectivity index (χ4v) is 1.57. The minimum atomic E-state index is -1.06. The third-order valence-corrected chi connectivity index (χ3v) is 2.38. The number of rotatable bonds is 5. The van der Waals surface area contributed by atoms with Gasteiger partial charge < -0.3 is 14.6 Å². The molecule has 0 aliphatic heterocycles. The minimum absolute atomic E-state index is 0.0568. The van der Waals surface area contributed by atoms with Crippen LogP contribution in [-0.4, -0.2) is 22.7 Å². The number of ether oxygens (including phenoxy) is 2. The van der Waals surface area contributed by atoms with Crippen molar-refractivity contribution in [3.63, 3.8) is 0 Å². The summed E-state index contributed by atoms with van der Waals surface area (Å²) in [5.74, 6) is 0.137. The van der Waals surface area contributed by atoms with Crippen LogP contribution in [0.2, 0.25) is 0 Å². The Balaban J connectivity index is 2.34. The summed E-state index contributed by atoms with van der Waals surface area (Å²) in [6.45, 7) is 2.36. The van der Waals surface area contributed by atoms with Crippen molar-refractivity contribution in [2.45, 2.75) is 6.92 Å². The van der Waals surface area contributed by atoms with Crippen molar-refractivity contribution in [2.24, 2.45) is 0 Å². The molecule has 0 radical (unpaired) electrons. The molecule has 0 atom stereocenters. The van der Waals surface area contributed by atoms with E-state index in [1.807, 2.05) is 13.0 Å². The highest BCUT2D eigenvalue weighted by Crippen LogP contribution is 2.32. The molecule has 2 rings (SSSR count). The molecule has 0 fully saturated rings. The first-order valence-corrected chi connectivity index (χ1v) is 5.79. The largest absolute Gasteiger partial charge is 0.490 e. The maximum Gasteiger partial charge on any atom is 0.339 e. The molecule has 0 unspecified atom stereocenters. The standard InChI is InChI=1S/C14H13NO4/c1-2-18-11-5-3-4-6-12(11)19-13-9-15-8-7-10(13)14(16)17/h3-9H,2H2,1H3,(H,16,17). The fraction of sp³-hybridized carbons (Fsp3) is 0.143. The van der Waals surface area contributed by atoms with Crippen molar-refractivity contribution in [2.75, 3.05) is 6.61 Å². The quantitative estimate of drug-likeness (QED) is 0.893. The molecule has 5 nitrogen and oxygen atoms in total. The average Bonchev–Trinajstić information content (AvgIpc) is 2.42. The zero-order valence-electron chi connectivity index (χ0n) is 10.4. The molecule has 1 heterocycles. The van der Waals surface area contributed by atoms with Crippen molar-refractivity contribution >= 4 is 5.97 Å². The monoisotopic (exact) mass is 259 g/mol. The number of hydrogen-bond acceptors (Lipinski definition) is 4. The van der Waals surface area contributed by atoms with Crippen molar-refractivity contribution in [1.82, 2.24) is 4.98 Å². The second-order valence-corrected chi connectivity index (χ2v) is 3.66. The summed E-state index contributed by atoms with van der Waals surface area (Å²) in [6.07, 6.45) is 2.77. The summed E-state index contributed by atoms with van der Waals surface area (Å²) in [7, 11) is 0. The normalized spacial score (nSPS) is 9.95. The molecule has 0 saturated heterocycles. The van der Waals surface area contributed by atoms with Gasteiger partial charge in [0, 0.05) is 6.20 Å². The summed E-state index contributed by atoms with van der Waals surface area (Å²) in [5, 5.41) is 9.08. The van der Waals surface area contributed by atoms with Crippen LogP contribution < -0.4 is 9.47 Å². The number of hydrogen-bond donors (Lipinski definition) is 1. The molecule has 0 amide bonds. The maximum atomic E-state index is 11.1. The molecule has 0 saturated carbocycles. The number of aromatic nitrogens is 1. The second-order valence-electron chi connectivity index (χ2n) is 3.66. The number of carbonyl (C=O) groups is 1. The van der Waals surface area contributed by atoms with E-state index in [4.69, 9.17) is 14.6 Å². The van der Waals surface area contributed by atoms with Gasteiger partial charge in [0.05, 0.1) is 12.8 Å². The first-order chi connectivity index (χ1) is 9.22. The lowest BCUT2D eigenvalue weighted by Gasteiger charge is -2.12. The van der Waals surface area contributed by atoms with Gasteiger partial charge >= 0.3 is 5.97 Å². The Labute approximate surface area is 110 Å². The molecule has 98 valence electrons. The molecule has 0 bridgehead atoms. The Kier molecular flexibility index (Phi) is 3.97. The first kappa shape index (κ1) is 12.9. The lowest BCUT2D eigenvalue weighted by Crippen LogP contribution is -2.01. The molecule has 2 aromatic rings. The van der Waals surface area contributed by atoms with E-state index < -0.39 is 5.97 Å². The van der Waals surface area contributed by atoms with Crippen LogP contribution in [0.5, 0.6) is 17.2 Å². The molecular formula is C14H13NO4. The molecule has 19 heavy (non-hydrogen) atoms. The second kappa shape index (κ2) is 5.86. The van der Waals surface area contributed by atoms with Gasteiger partial charge in [0.2, 0.25) is 0 Å². The fourth-order valence-electron chi connectivity index (χ4n) is 1.57. The first-order valence-electron chi connectivity index (χ1n) is 5.79. The number of aromatic carboxylic acids is 1. The predicted octanol–water partition coefficient (Wildman–Crippen LogP) is 2.97. The Bertz CT molecular complexity index is 583. The summed E-state index contributed by atoms with van der Waals surface area (Å²) < 4.78 is 11.0. The summed E-state index contributed by atoms with van der Waals surface area (Å²) in [5.41, 5.74) is 0.0568. The van der Waals surface area contributed by atoms with Crippen LogP contribution in [0.4, 0.5) is 0 Å². The van der Waals surface area contributed by atoms with Crippen LogP contribution in [0, 0.1) is 0 Å². The van der Waals surface area contributed by atoms with Crippen LogP contribution in [0.15, 0.2) is 42.7 Å². The van der Waals surface area contributed by atoms with Crippen LogP contribution in [0.25, 0.3) is 0 Å². The number of nitrogens with zero attached hydrogens (tertiary/aromatic N) is 1. The number of para-hydroxylation sites is 2. The van der Waals surface area contributed by atoms with Gasteiger partial charge in [-0.1, -0.05) is 12.1 Å². The number of benzene rings is 1. The van der Waals surface area contributed by atoms with Gasteiger partial charge in [-0.3, -0.25) is 4.98 Å². The highest BCUT2D eigenvalue weighted by molar-refractivity contribution is 5.90. The zero-order valence-corrected chi connectivity index (χ0v) is 10.4. The summed E-state index contributed by atoms with van der Waals surface area (Å²) in [6, 6.07) is 8.47. The highest BCUT2D eigenvalue weighted by Gasteiger charge is 2.13. The van der Waals surface area contributed by atoms with E-state index in [0.717, 1.165) is 0 Å². The Hall–Kier alpha value is -2.56. The van der Waals surface area contributed by atoms with Crippen LogP contribution >= 0.6 is 0 Å². The van der Waals surface area contributed by atoms with Crippen LogP contribution in [0.1, 0.15) is 17.3 Å². The topological polar surface area (TPSA) is 68.7 Å². The average molecular weight is 259 g/mol. The minimum Gasteiger partial charge on any atom is -0.490 e. The molecule has 1 N–H and O–H groups in total. The van der Waals surface area contributed by atoms with Gasteiger partial charge in [0.15, 0.2) is 17.2 Å². The summed E-state index contributed by atoms with van der Waals surface area (Å²) in [4.78, 5) is 15.0. The Morgan fingerprint density at radius 2 is 1.95 bits per heavy atom. The third-order valence-electron chi connectivity index (χ3n) is 2.38. The van der Waals surface area contributed by atoms with Crippen molar-refractivity contribution in [3.8, 4) is 17.2 Å². The van der Waals surface area contributed by atoms with Gasteiger partial charge in [0.25, 0.3) is 0 Å². The van der Waals surface area contributed by atoms with Crippen molar-refractivity contribution in [1.29, 1.82) is 0 Å². The van der Waals surface area contributed by atoms with E-state index in [-0.39, 0.29) is 11.3 Å². The predicted molar refractivity (Wildman–Crippen MR) is 68.9 cm³/mol. The zero-order chi connectivity index (χ0) is 13.7. The van der Waals surface area contributed by atoms with E-state index in [2.05, 4.69) is 4.98 Å². The lowest BCUT2D eigenvalue weighted by molar-refractivity contribution is 0.0694.